The highest BCUT2D eigenvalue weighted by atomic mass is 32.2. The molecule has 8 nitrogen and oxygen atoms in total. The summed E-state index contributed by atoms with van der Waals surface area (Å²) >= 11 is 0. The first-order valence-corrected chi connectivity index (χ1v) is 12.7. The van der Waals surface area contributed by atoms with Crippen molar-refractivity contribution in [3.8, 4) is 5.75 Å². The van der Waals surface area contributed by atoms with Crippen LogP contribution < -0.4 is 14.4 Å². The molecule has 0 bridgehead atoms. The number of hydrogen-bond acceptors (Lipinski definition) is 5. The molecule has 0 saturated carbocycles. The number of sulfonamides is 1. The summed E-state index contributed by atoms with van der Waals surface area (Å²) in [5, 5.41) is 2.78. The van der Waals surface area contributed by atoms with Crippen LogP contribution in [-0.2, 0) is 26.2 Å². The van der Waals surface area contributed by atoms with Crippen LogP contribution in [0.25, 0.3) is 0 Å². The Morgan fingerprint density at radius 2 is 1.70 bits per heavy atom. The number of ether oxygens (including phenoxy) is 1. The van der Waals surface area contributed by atoms with E-state index in [-0.39, 0.29) is 12.5 Å². The lowest BCUT2D eigenvalue weighted by molar-refractivity contribution is -0.140. The highest BCUT2D eigenvalue weighted by Gasteiger charge is 2.31. The van der Waals surface area contributed by atoms with E-state index >= 15 is 0 Å². The fourth-order valence-electron chi connectivity index (χ4n) is 3.58. The molecule has 0 aliphatic rings. The average molecular weight is 476 g/mol. The molecule has 0 aliphatic heterocycles. The second-order valence-corrected chi connectivity index (χ2v) is 9.65. The third-order valence-electron chi connectivity index (χ3n) is 5.31. The number of carbonyl (C=O) groups is 2. The van der Waals surface area contributed by atoms with Crippen LogP contribution in [-0.4, -0.2) is 57.6 Å². The van der Waals surface area contributed by atoms with Gasteiger partial charge >= 0.3 is 0 Å². The standard InChI is InChI=1S/C24H33N3O5S/c1-6-21(24(29)25-7-2)26(16-19-12-14-20(32-4)15-13-19)23(28)17-27(33(5,30)31)22-11-9-8-10-18(22)3/h8-15,21H,6-7,16-17H2,1-5H3,(H,25,29)/t21-/m1/s1. The van der Waals surface area contributed by atoms with Crippen molar-refractivity contribution in [2.45, 2.75) is 39.8 Å². The van der Waals surface area contributed by atoms with Gasteiger partial charge in [-0.25, -0.2) is 8.42 Å². The zero-order chi connectivity index (χ0) is 24.6. The normalized spacial score (nSPS) is 12.0. The van der Waals surface area contributed by atoms with Crippen LogP contribution in [0, 0.1) is 6.92 Å². The van der Waals surface area contributed by atoms with Gasteiger partial charge in [0.05, 0.1) is 19.1 Å². The average Bonchev–Trinajstić information content (AvgIpc) is 2.77. The summed E-state index contributed by atoms with van der Waals surface area (Å²) in [4.78, 5) is 27.7. The molecule has 1 N–H and O–H groups in total. The minimum absolute atomic E-state index is 0.157. The molecule has 9 heteroatoms. The van der Waals surface area contributed by atoms with E-state index in [4.69, 9.17) is 4.74 Å². The number of nitrogens with one attached hydrogen (secondary N) is 1. The number of methoxy groups -OCH3 is 1. The van der Waals surface area contributed by atoms with Gasteiger partial charge in [0.25, 0.3) is 0 Å². The van der Waals surface area contributed by atoms with Crippen LogP contribution in [0.5, 0.6) is 5.75 Å². The van der Waals surface area contributed by atoms with Crippen molar-refractivity contribution in [2.24, 2.45) is 0 Å². The smallest absolute Gasteiger partial charge is 0.244 e. The second kappa shape index (κ2) is 11.7. The van der Waals surface area contributed by atoms with E-state index in [2.05, 4.69) is 5.32 Å². The predicted molar refractivity (Wildman–Crippen MR) is 130 cm³/mol. The molecule has 2 aromatic rings. The Kier molecular flexibility index (Phi) is 9.28. The minimum Gasteiger partial charge on any atom is -0.497 e. The van der Waals surface area contributed by atoms with E-state index in [1.807, 2.05) is 26.0 Å². The summed E-state index contributed by atoms with van der Waals surface area (Å²) in [5.41, 5.74) is 1.96. The first-order chi connectivity index (χ1) is 15.6. The van der Waals surface area contributed by atoms with E-state index in [1.54, 1.807) is 50.4 Å². The van der Waals surface area contributed by atoms with Gasteiger partial charge < -0.3 is 15.0 Å². The van der Waals surface area contributed by atoms with Crippen LogP contribution >= 0.6 is 0 Å². The van der Waals surface area contributed by atoms with Crippen LogP contribution in [0.3, 0.4) is 0 Å². The van der Waals surface area contributed by atoms with Crippen molar-refractivity contribution in [3.63, 3.8) is 0 Å². The molecular formula is C24H33N3O5S. The predicted octanol–water partition coefficient (Wildman–Crippen LogP) is 2.71. The van der Waals surface area contributed by atoms with E-state index in [9.17, 15) is 18.0 Å². The zero-order valence-electron chi connectivity index (χ0n) is 19.9. The number of aryl methyl sites for hydroxylation is 1. The lowest BCUT2D eigenvalue weighted by atomic mass is 10.1. The first kappa shape index (κ1) is 26.2. The van der Waals surface area contributed by atoms with Gasteiger partial charge in [0.15, 0.2) is 0 Å². The van der Waals surface area contributed by atoms with Gasteiger partial charge in [-0.2, -0.15) is 0 Å². The second-order valence-electron chi connectivity index (χ2n) is 7.74. The molecule has 2 aromatic carbocycles. The molecule has 0 heterocycles. The maximum absolute atomic E-state index is 13.5. The minimum atomic E-state index is -3.75. The van der Waals surface area contributed by atoms with E-state index < -0.39 is 28.5 Å². The zero-order valence-corrected chi connectivity index (χ0v) is 20.7. The number of benzene rings is 2. The third kappa shape index (κ3) is 6.95. The molecule has 2 rings (SSSR count). The molecule has 0 spiro atoms. The highest BCUT2D eigenvalue weighted by Crippen LogP contribution is 2.23. The number of likely N-dealkylation sites (N-methyl/N-ethyl adjacent to an activating group) is 1. The number of rotatable bonds is 11. The van der Waals surface area contributed by atoms with Crippen molar-refractivity contribution in [3.05, 3.63) is 59.7 Å². The Bertz CT molecular complexity index is 1050. The SMILES string of the molecule is CCNC(=O)[C@@H](CC)N(Cc1ccc(OC)cc1)C(=O)CN(c1ccccc1C)S(C)(=O)=O. The van der Waals surface area contributed by atoms with Gasteiger partial charge in [0.1, 0.15) is 18.3 Å². The molecule has 0 unspecified atom stereocenters. The Hall–Kier alpha value is -3.07. The van der Waals surface area contributed by atoms with Gasteiger partial charge in [-0.05, 0) is 49.6 Å². The molecule has 180 valence electrons. The number of nitrogens with zero attached hydrogens (tertiary/aromatic N) is 2. The molecule has 1 atom stereocenters. The van der Waals surface area contributed by atoms with Crippen LogP contribution in [0.4, 0.5) is 5.69 Å². The molecule has 0 aromatic heterocycles. The lowest BCUT2D eigenvalue weighted by Crippen LogP contribution is -2.52. The summed E-state index contributed by atoms with van der Waals surface area (Å²) in [7, 11) is -2.18. The van der Waals surface area contributed by atoms with Gasteiger partial charge in [-0.3, -0.25) is 13.9 Å². The molecule has 0 fully saturated rings. The topological polar surface area (TPSA) is 96.0 Å². The number of carbonyl (C=O) groups excluding carboxylic acids is 2. The van der Waals surface area contributed by atoms with Crippen LogP contribution in [0.15, 0.2) is 48.5 Å². The number of hydrogen-bond donors (Lipinski definition) is 1. The number of anilines is 1. The first-order valence-electron chi connectivity index (χ1n) is 10.9. The summed E-state index contributed by atoms with van der Waals surface area (Å²) in [6.45, 7) is 5.60. The molecule has 0 radical (unpaired) electrons. The van der Waals surface area contributed by atoms with E-state index in [0.29, 0.717) is 24.4 Å². The number of para-hydroxylation sites is 1. The molecule has 0 saturated heterocycles. The van der Waals surface area contributed by atoms with Crippen LogP contribution in [0.2, 0.25) is 0 Å². The van der Waals surface area contributed by atoms with Gasteiger partial charge in [0.2, 0.25) is 21.8 Å². The van der Waals surface area contributed by atoms with Crippen molar-refractivity contribution < 1.29 is 22.7 Å². The lowest BCUT2D eigenvalue weighted by Gasteiger charge is -2.33. The molecular weight excluding hydrogens is 442 g/mol. The van der Waals surface area contributed by atoms with Crippen molar-refractivity contribution in [1.82, 2.24) is 10.2 Å². The molecule has 33 heavy (non-hydrogen) atoms. The van der Waals surface area contributed by atoms with Gasteiger partial charge in [-0.15, -0.1) is 0 Å². The summed E-state index contributed by atoms with van der Waals surface area (Å²) in [6.07, 6.45) is 1.46. The highest BCUT2D eigenvalue weighted by molar-refractivity contribution is 7.92. The monoisotopic (exact) mass is 475 g/mol. The fraction of sp³-hybridized carbons (Fsp3) is 0.417. The largest absolute Gasteiger partial charge is 0.497 e. The summed E-state index contributed by atoms with van der Waals surface area (Å²) in [5.74, 6) is -0.0588. The Morgan fingerprint density at radius 1 is 1.06 bits per heavy atom. The van der Waals surface area contributed by atoms with Crippen LogP contribution in [0.1, 0.15) is 31.4 Å². The van der Waals surface area contributed by atoms with Crippen molar-refractivity contribution in [2.75, 3.05) is 30.8 Å². The Labute approximate surface area is 196 Å². The van der Waals surface area contributed by atoms with Crippen molar-refractivity contribution >= 4 is 27.5 Å². The van der Waals surface area contributed by atoms with E-state index in [1.165, 1.54) is 4.90 Å². The molecule has 2 amide bonds. The third-order valence-corrected chi connectivity index (χ3v) is 6.44. The quantitative estimate of drug-likeness (QED) is 0.539. The van der Waals surface area contributed by atoms with Gasteiger partial charge in [-0.1, -0.05) is 37.3 Å². The molecule has 0 aliphatic carbocycles. The maximum atomic E-state index is 13.5. The summed E-state index contributed by atoms with van der Waals surface area (Å²) < 4.78 is 31.5. The van der Waals surface area contributed by atoms with Gasteiger partial charge in [0, 0.05) is 13.1 Å². The Balaban J connectivity index is 2.43. The Morgan fingerprint density at radius 3 is 2.21 bits per heavy atom. The summed E-state index contributed by atoms with van der Waals surface area (Å²) in [6, 6.07) is 13.4. The fourth-order valence-corrected chi connectivity index (χ4v) is 4.48. The van der Waals surface area contributed by atoms with E-state index in [0.717, 1.165) is 21.7 Å². The van der Waals surface area contributed by atoms with Crippen molar-refractivity contribution in [1.29, 1.82) is 0 Å². The number of amides is 2. The maximum Gasteiger partial charge on any atom is 0.244 e.